The van der Waals surface area contributed by atoms with Crippen molar-refractivity contribution in [3.63, 3.8) is 0 Å². The Labute approximate surface area is 117 Å². The Morgan fingerprint density at radius 3 is 2.58 bits per heavy atom. The van der Waals surface area contributed by atoms with Crippen molar-refractivity contribution >= 4 is 10.2 Å². The van der Waals surface area contributed by atoms with Crippen molar-refractivity contribution < 1.29 is 8.42 Å². The van der Waals surface area contributed by atoms with Gasteiger partial charge in [0.2, 0.25) is 0 Å². The quantitative estimate of drug-likeness (QED) is 0.716. The van der Waals surface area contributed by atoms with Crippen LogP contribution in [0.15, 0.2) is 0 Å². The van der Waals surface area contributed by atoms with Gasteiger partial charge in [-0.15, -0.1) is 0 Å². The first-order valence-electron chi connectivity index (χ1n) is 7.31. The number of rotatable bonds is 7. The third-order valence-corrected chi connectivity index (χ3v) is 6.36. The first-order chi connectivity index (χ1) is 8.84. The van der Waals surface area contributed by atoms with Crippen LogP contribution in [0.1, 0.15) is 46.0 Å². The van der Waals surface area contributed by atoms with Crippen LogP contribution in [-0.2, 0) is 10.2 Å². The molecule has 19 heavy (non-hydrogen) atoms. The van der Waals surface area contributed by atoms with Gasteiger partial charge in [0.15, 0.2) is 0 Å². The maximum Gasteiger partial charge on any atom is 0.282 e. The van der Waals surface area contributed by atoms with E-state index in [1.807, 2.05) is 13.8 Å². The minimum Gasteiger partial charge on any atom is -0.314 e. The SMILES string of the molecule is CN(CCCNC1CC1)S(=O)(=O)N1CCCC1(C)C. The van der Waals surface area contributed by atoms with Gasteiger partial charge >= 0.3 is 0 Å². The molecule has 2 fully saturated rings. The smallest absolute Gasteiger partial charge is 0.282 e. The first-order valence-corrected chi connectivity index (χ1v) is 8.71. The van der Waals surface area contributed by atoms with Crippen LogP contribution >= 0.6 is 0 Å². The van der Waals surface area contributed by atoms with E-state index in [9.17, 15) is 8.42 Å². The Balaban J connectivity index is 1.83. The van der Waals surface area contributed by atoms with Gasteiger partial charge in [-0.1, -0.05) is 0 Å². The molecule has 2 rings (SSSR count). The van der Waals surface area contributed by atoms with Crippen LogP contribution in [0.4, 0.5) is 0 Å². The molecule has 1 saturated heterocycles. The molecule has 0 aromatic rings. The highest BCUT2D eigenvalue weighted by Crippen LogP contribution is 2.31. The Morgan fingerprint density at radius 2 is 2.05 bits per heavy atom. The van der Waals surface area contributed by atoms with E-state index >= 15 is 0 Å². The molecule has 0 aromatic carbocycles. The molecular formula is C13H27N3O2S. The van der Waals surface area contributed by atoms with Gasteiger partial charge in [0.05, 0.1) is 0 Å². The highest BCUT2D eigenvalue weighted by atomic mass is 32.2. The van der Waals surface area contributed by atoms with Crippen LogP contribution in [0.3, 0.4) is 0 Å². The van der Waals surface area contributed by atoms with E-state index in [4.69, 9.17) is 0 Å². The molecule has 1 heterocycles. The summed E-state index contributed by atoms with van der Waals surface area (Å²) in [6, 6.07) is 0.694. The molecule has 5 nitrogen and oxygen atoms in total. The summed E-state index contributed by atoms with van der Waals surface area (Å²) in [5.41, 5.74) is -0.237. The van der Waals surface area contributed by atoms with Crippen LogP contribution in [0.5, 0.6) is 0 Å². The van der Waals surface area contributed by atoms with E-state index in [0.717, 1.165) is 25.8 Å². The number of nitrogens with one attached hydrogen (secondary N) is 1. The predicted octanol–water partition coefficient (Wildman–Crippen LogP) is 1.18. The van der Waals surface area contributed by atoms with E-state index in [0.29, 0.717) is 19.1 Å². The van der Waals surface area contributed by atoms with Crippen LogP contribution in [-0.4, -0.2) is 55.3 Å². The van der Waals surface area contributed by atoms with Crippen molar-refractivity contribution in [2.75, 3.05) is 26.7 Å². The molecule has 1 aliphatic heterocycles. The van der Waals surface area contributed by atoms with E-state index in [1.54, 1.807) is 11.4 Å². The summed E-state index contributed by atoms with van der Waals surface area (Å²) >= 11 is 0. The summed E-state index contributed by atoms with van der Waals surface area (Å²) < 4.78 is 28.2. The highest BCUT2D eigenvalue weighted by Gasteiger charge is 2.41. The number of nitrogens with zero attached hydrogens (tertiary/aromatic N) is 2. The fourth-order valence-corrected chi connectivity index (χ4v) is 4.46. The Hall–Kier alpha value is -0.170. The minimum atomic E-state index is -3.29. The topological polar surface area (TPSA) is 52.7 Å². The fraction of sp³-hybridized carbons (Fsp3) is 1.00. The van der Waals surface area contributed by atoms with Gasteiger partial charge in [0.1, 0.15) is 0 Å². The van der Waals surface area contributed by atoms with Gasteiger partial charge < -0.3 is 5.32 Å². The maximum atomic E-state index is 12.5. The lowest BCUT2D eigenvalue weighted by molar-refractivity contribution is 0.268. The summed E-state index contributed by atoms with van der Waals surface area (Å²) in [5.74, 6) is 0. The molecule has 0 amide bonds. The summed E-state index contributed by atoms with van der Waals surface area (Å²) in [5, 5.41) is 3.41. The average molecular weight is 289 g/mol. The van der Waals surface area contributed by atoms with Gasteiger partial charge in [0.25, 0.3) is 10.2 Å². The molecule has 112 valence electrons. The van der Waals surface area contributed by atoms with Crippen molar-refractivity contribution in [2.24, 2.45) is 0 Å². The van der Waals surface area contributed by atoms with Gasteiger partial charge in [-0.25, -0.2) is 0 Å². The zero-order valence-corrected chi connectivity index (χ0v) is 13.2. The van der Waals surface area contributed by atoms with Crippen LogP contribution < -0.4 is 5.32 Å². The van der Waals surface area contributed by atoms with Crippen molar-refractivity contribution in [3.8, 4) is 0 Å². The first kappa shape index (κ1) is 15.2. The zero-order valence-electron chi connectivity index (χ0n) is 12.4. The maximum absolute atomic E-state index is 12.5. The number of hydrogen-bond acceptors (Lipinski definition) is 3. The Morgan fingerprint density at radius 1 is 1.37 bits per heavy atom. The summed E-state index contributed by atoms with van der Waals surface area (Å²) in [7, 11) is -1.60. The summed E-state index contributed by atoms with van der Waals surface area (Å²) in [6.07, 6.45) is 5.33. The standard InChI is InChI=1S/C13H27N3O2S/c1-13(2)8-4-11-16(13)19(17,18)15(3)10-5-9-14-12-6-7-12/h12,14H,4-11H2,1-3H3. The van der Waals surface area contributed by atoms with Crippen LogP contribution in [0.25, 0.3) is 0 Å². The molecule has 6 heteroatoms. The van der Waals surface area contributed by atoms with E-state index in [-0.39, 0.29) is 5.54 Å². The third kappa shape index (κ3) is 3.68. The molecule has 0 spiro atoms. The molecule has 2 aliphatic rings. The van der Waals surface area contributed by atoms with E-state index < -0.39 is 10.2 Å². The zero-order chi connectivity index (χ0) is 14.1. The van der Waals surface area contributed by atoms with Gasteiger partial charge in [-0.05, 0) is 52.5 Å². The molecule has 1 N–H and O–H groups in total. The molecule has 0 radical (unpaired) electrons. The predicted molar refractivity (Wildman–Crippen MR) is 77.2 cm³/mol. The largest absolute Gasteiger partial charge is 0.314 e. The molecule has 1 aliphatic carbocycles. The molecule has 0 bridgehead atoms. The normalized spacial score (nSPS) is 24.2. The summed E-state index contributed by atoms with van der Waals surface area (Å²) in [4.78, 5) is 0. The molecule has 0 unspecified atom stereocenters. The lowest BCUT2D eigenvalue weighted by Gasteiger charge is -2.33. The molecule has 1 saturated carbocycles. The molecule has 0 aromatic heterocycles. The molecule has 0 atom stereocenters. The van der Waals surface area contributed by atoms with Crippen LogP contribution in [0.2, 0.25) is 0 Å². The lowest BCUT2D eigenvalue weighted by atomic mass is 10.0. The molecular weight excluding hydrogens is 262 g/mol. The van der Waals surface area contributed by atoms with Crippen molar-refractivity contribution in [1.29, 1.82) is 0 Å². The van der Waals surface area contributed by atoms with Gasteiger partial charge in [0, 0.05) is 31.7 Å². The third-order valence-electron chi connectivity index (χ3n) is 4.16. The highest BCUT2D eigenvalue weighted by molar-refractivity contribution is 7.86. The minimum absolute atomic E-state index is 0.237. The monoisotopic (exact) mass is 289 g/mol. The van der Waals surface area contributed by atoms with Gasteiger partial charge in [-0.2, -0.15) is 17.0 Å². The van der Waals surface area contributed by atoms with Gasteiger partial charge in [-0.3, -0.25) is 0 Å². The summed E-state index contributed by atoms with van der Waals surface area (Å²) in [6.45, 7) is 6.18. The van der Waals surface area contributed by atoms with Crippen molar-refractivity contribution in [1.82, 2.24) is 13.9 Å². The number of hydrogen-bond donors (Lipinski definition) is 1. The van der Waals surface area contributed by atoms with E-state index in [2.05, 4.69) is 5.32 Å². The lowest BCUT2D eigenvalue weighted by Crippen LogP contribution is -2.49. The van der Waals surface area contributed by atoms with E-state index in [1.165, 1.54) is 17.1 Å². The Kier molecular flexibility index (Phi) is 4.55. The van der Waals surface area contributed by atoms with Crippen molar-refractivity contribution in [2.45, 2.75) is 57.5 Å². The van der Waals surface area contributed by atoms with Crippen molar-refractivity contribution in [3.05, 3.63) is 0 Å². The Bertz CT molecular complexity index is 404. The fourth-order valence-electron chi connectivity index (χ4n) is 2.69. The van der Waals surface area contributed by atoms with Crippen LogP contribution in [0, 0.1) is 0 Å². The average Bonchev–Trinajstić information content (AvgIpc) is 3.07. The second-order valence-electron chi connectivity index (χ2n) is 6.40. The second kappa shape index (κ2) is 5.68. The second-order valence-corrected chi connectivity index (χ2v) is 8.36.